The zero-order valence-corrected chi connectivity index (χ0v) is 16.8. The third-order valence-electron chi connectivity index (χ3n) is 4.46. The fourth-order valence-electron chi connectivity index (χ4n) is 2.91. The Kier molecular flexibility index (Phi) is 4.96. The first-order chi connectivity index (χ1) is 12.6. The van der Waals surface area contributed by atoms with E-state index in [1.54, 1.807) is 0 Å². The number of benzene rings is 2. The monoisotopic (exact) mass is 427 g/mol. The van der Waals surface area contributed by atoms with E-state index >= 15 is 0 Å². The number of nitrogens with zero attached hydrogens (tertiary/aromatic N) is 3. The standard InChI is InChI=1S/C20H18BrN3OS/c1-13-22-23-20(24(13)18-10-11-18)26-12-19(25)16-4-2-14(3-5-16)15-6-8-17(21)9-7-15/h2-9,18H,10-12H2,1H3. The average molecular weight is 428 g/mol. The molecule has 0 spiro atoms. The molecular formula is C20H18BrN3OS. The molecule has 1 fully saturated rings. The van der Waals surface area contributed by atoms with E-state index < -0.39 is 0 Å². The number of aryl methyl sites for hydroxylation is 1. The van der Waals surface area contributed by atoms with Crippen molar-refractivity contribution in [2.75, 3.05) is 5.75 Å². The van der Waals surface area contributed by atoms with E-state index in [1.165, 1.54) is 24.6 Å². The molecule has 0 bridgehead atoms. The van der Waals surface area contributed by atoms with E-state index in [1.807, 2.05) is 43.3 Å². The molecule has 1 aliphatic carbocycles. The van der Waals surface area contributed by atoms with E-state index in [-0.39, 0.29) is 5.78 Å². The highest BCUT2D eigenvalue weighted by Crippen LogP contribution is 2.38. The molecule has 1 heterocycles. The second-order valence-corrected chi connectivity index (χ2v) is 8.29. The number of aromatic nitrogens is 3. The maximum absolute atomic E-state index is 12.5. The van der Waals surface area contributed by atoms with Crippen LogP contribution in [0.3, 0.4) is 0 Å². The van der Waals surface area contributed by atoms with Crippen molar-refractivity contribution in [2.45, 2.75) is 31.0 Å². The van der Waals surface area contributed by atoms with Crippen molar-refractivity contribution in [3.05, 3.63) is 64.4 Å². The highest BCUT2D eigenvalue weighted by atomic mass is 79.9. The molecular weight excluding hydrogens is 410 g/mol. The minimum Gasteiger partial charge on any atom is -0.303 e. The first kappa shape index (κ1) is 17.5. The Morgan fingerprint density at radius 2 is 1.69 bits per heavy atom. The highest BCUT2D eigenvalue weighted by molar-refractivity contribution is 9.10. The zero-order chi connectivity index (χ0) is 18.1. The lowest BCUT2D eigenvalue weighted by atomic mass is 10.0. The number of carbonyl (C=O) groups excluding carboxylic acids is 1. The summed E-state index contributed by atoms with van der Waals surface area (Å²) in [6, 6.07) is 16.5. The summed E-state index contributed by atoms with van der Waals surface area (Å²) < 4.78 is 3.22. The number of Topliss-reactive ketones (excluding diaryl/α,β-unsaturated/α-hetero) is 1. The molecule has 3 aromatic rings. The van der Waals surface area contributed by atoms with E-state index in [0.717, 1.165) is 32.1 Å². The molecule has 0 unspecified atom stereocenters. The minimum absolute atomic E-state index is 0.111. The molecule has 6 heteroatoms. The van der Waals surface area contributed by atoms with Crippen molar-refractivity contribution < 1.29 is 4.79 Å². The maximum Gasteiger partial charge on any atom is 0.191 e. The van der Waals surface area contributed by atoms with Gasteiger partial charge in [0.05, 0.1) is 5.75 Å². The van der Waals surface area contributed by atoms with Crippen LogP contribution in [0.15, 0.2) is 58.2 Å². The summed E-state index contributed by atoms with van der Waals surface area (Å²) in [7, 11) is 0. The lowest BCUT2D eigenvalue weighted by Gasteiger charge is -2.07. The van der Waals surface area contributed by atoms with Crippen LogP contribution in [0.4, 0.5) is 0 Å². The molecule has 0 saturated heterocycles. The van der Waals surface area contributed by atoms with Crippen LogP contribution in [-0.2, 0) is 0 Å². The van der Waals surface area contributed by atoms with Gasteiger partial charge in [0.15, 0.2) is 10.9 Å². The Hall–Kier alpha value is -1.92. The Labute approximate surface area is 165 Å². The number of halogens is 1. The van der Waals surface area contributed by atoms with Crippen LogP contribution in [0.1, 0.15) is 35.1 Å². The van der Waals surface area contributed by atoms with Crippen LogP contribution in [0, 0.1) is 6.92 Å². The molecule has 1 saturated carbocycles. The molecule has 4 rings (SSSR count). The van der Waals surface area contributed by atoms with Crippen molar-refractivity contribution in [2.24, 2.45) is 0 Å². The first-order valence-electron chi connectivity index (χ1n) is 8.55. The normalized spacial score (nSPS) is 13.8. The van der Waals surface area contributed by atoms with E-state index in [0.29, 0.717) is 11.8 Å². The van der Waals surface area contributed by atoms with Crippen LogP contribution in [-0.4, -0.2) is 26.3 Å². The summed E-state index contributed by atoms with van der Waals surface area (Å²) in [4.78, 5) is 12.5. The Morgan fingerprint density at radius 1 is 1.08 bits per heavy atom. The van der Waals surface area contributed by atoms with E-state index in [4.69, 9.17) is 0 Å². The molecule has 0 amide bonds. The largest absolute Gasteiger partial charge is 0.303 e. The van der Waals surface area contributed by atoms with Gasteiger partial charge >= 0.3 is 0 Å². The number of thioether (sulfide) groups is 1. The van der Waals surface area contributed by atoms with Crippen LogP contribution in [0.5, 0.6) is 0 Å². The van der Waals surface area contributed by atoms with Gasteiger partial charge in [-0.2, -0.15) is 0 Å². The topological polar surface area (TPSA) is 47.8 Å². The first-order valence-corrected chi connectivity index (χ1v) is 10.3. The molecule has 1 aromatic heterocycles. The molecule has 0 atom stereocenters. The summed E-state index contributed by atoms with van der Waals surface area (Å²) in [6.45, 7) is 1.97. The van der Waals surface area contributed by atoms with Gasteiger partial charge < -0.3 is 4.57 Å². The number of hydrogen-bond acceptors (Lipinski definition) is 4. The average Bonchev–Trinajstić information content (AvgIpc) is 3.43. The molecule has 4 nitrogen and oxygen atoms in total. The van der Waals surface area contributed by atoms with Crippen molar-refractivity contribution in [3.8, 4) is 11.1 Å². The van der Waals surface area contributed by atoms with Gasteiger partial charge in [0, 0.05) is 16.1 Å². The van der Waals surface area contributed by atoms with Crippen molar-refractivity contribution in [3.63, 3.8) is 0 Å². The summed E-state index contributed by atoms with van der Waals surface area (Å²) in [5.41, 5.74) is 2.97. The van der Waals surface area contributed by atoms with E-state index in [9.17, 15) is 4.79 Å². The molecule has 2 aromatic carbocycles. The van der Waals surface area contributed by atoms with Gasteiger partial charge in [-0.3, -0.25) is 4.79 Å². The minimum atomic E-state index is 0.111. The number of rotatable bonds is 6. The fourth-order valence-corrected chi connectivity index (χ4v) is 4.12. The fraction of sp³-hybridized carbons (Fsp3) is 0.250. The SMILES string of the molecule is Cc1nnc(SCC(=O)c2ccc(-c3ccc(Br)cc3)cc2)n1C1CC1. The number of hydrogen-bond donors (Lipinski definition) is 0. The van der Waals surface area contributed by atoms with Crippen LogP contribution in [0.25, 0.3) is 11.1 Å². The summed E-state index contributed by atoms with van der Waals surface area (Å²) in [6.07, 6.45) is 2.36. The predicted molar refractivity (Wildman–Crippen MR) is 108 cm³/mol. The van der Waals surface area contributed by atoms with Gasteiger partial charge in [0.2, 0.25) is 0 Å². The second kappa shape index (κ2) is 7.37. The van der Waals surface area contributed by atoms with Crippen LogP contribution >= 0.6 is 27.7 Å². The third-order valence-corrected chi connectivity index (χ3v) is 5.94. The molecule has 0 N–H and O–H groups in total. The highest BCUT2D eigenvalue weighted by Gasteiger charge is 2.28. The molecule has 132 valence electrons. The van der Waals surface area contributed by atoms with E-state index in [2.05, 4.69) is 42.8 Å². The van der Waals surface area contributed by atoms with Gasteiger partial charge in [-0.05, 0) is 43.0 Å². The summed E-state index contributed by atoms with van der Waals surface area (Å²) in [5.74, 6) is 1.42. The maximum atomic E-state index is 12.5. The lowest BCUT2D eigenvalue weighted by Crippen LogP contribution is -2.05. The Balaban J connectivity index is 1.43. The smallest absolute Gasteiger partial charge is 0.191 e. The third kappa shape index (κ3) is 3.76. The van der Waals surface area contributed by atoms with Gasteiger partial charge in [0.25, 0.3) is 0 Å². The Bertz CT molecular complexity index is 931. The van der Waals surface area contributed by atoms with Gasteiger partial charge in [0.1, 0.15) is 5.82 Å². The number of carbonyl (C=O) groups is 1. The molecule has 26 heavy (non-hydrogen) atoms. The molecule has 0 aliphatic heterocycles. The Morgan fingerprint density at radius 3 is 2.31 bits per heavy atom. The van der Waals surface area contributed by atoms with Gasteiger partial charge in [-0.25, -0.2) is 0 Å². The van der Waals surface area contributed by atoms with Crippen molar-refractivity contribution in [1.29, 1.82) is 0 Å². The lowest BCUT2D eigenvalue weighted by molar-refractivity contribution is 0.102. The van der Waals surface area contributed by atoms with Gasteiger partial charge in [-0.1, -0.05) is 64.1 Å². The van der Waals surface area contributed by atoms with Crippen LogP contribution < -0.4 is 0 Å². The molecule has 0 radical (unpaired) electrons. The van der Waals surface area contributed by atoms with Crippen molar-refractivity contribution >= 4 is 33.5 Å². The van der Waals surface area contributed by atoms with Crippen molar-refractivity contribution in [1.82, 2.24) is 14.8 Å². The van der Waals surface area contributed by atoms with Crippen LogP contribution in [0.2, 0.25) is 0 Å². The summed E-state index contributed by atoms with van der Waals surface area (Å²) in [5, 5.41) is 9.23. The quantitative estimate of drug-likeness (QED) is 0.394. The predicted octanol–water partition coefficient (Wildman–Crippen LogP) is 5.33. The second-order valence-electron chi connectivity index (χ2n) is 6.43. The summed E-state index contributed by atoms with van der Waals surface area (Å²) >= 11 is 4.92. The van der Waals surface area contributed by atoms with Gasteiger partial charge in [-0.15, -0.1) is 10.2 Å². The zero-order valence-electron chi connectivity index (χ0n) is 14.4. The molecule has 1 aliphatic rings. The number of ketones is 1.